The summed E-state index contributed by atoms with van der Waals surface area (Å²) in [5.41, 5.74) is -0.520. The molecule has 16 heavy (non-hydrogen) atoms. The molecular weight excluding hydrogens is 206 g/mol. The van der Waals surface area contributed by atoms with E-state index in [9.17, 15) is 9.59 Å². The highest BCUT2D eigenvalue weighted by Gasteiger charge is 2.22. The predicted octanol–water partition coefficient (Wildman–Crippen LogP) is 1.88. The average Bonchev–Trinajstić information content (AvgIpc) is 1.98. The first-order valence-corrected chi connectivity index (χ1v) is 5.64. The molecule has 0 aromatic heterocycles. The van der Waals surface area contributed by atoms with Crippen LogP contribution in [0.2, 0.25) is 0 Å². The molecular formula is C12H23NO3. The molecule has 0 aliphatic rings. The van der Waals surface area contributed by atoms with Crippen molar-refractivity contribution in [3.8, 4) is 0 Å². The molecule has 1 N–H and O–H groups in total. The van der Waals surface area contributed by atoms with Crippen LogP contribution in [-0.2, 0) is 14.3 Å². The molecule has 0 spiro atoms. The van der Waals surface area contributed by atoms with Crippen LogP contribution < -0.4 is 5.32 Å². The second-order valence-corrected chi connectivity index (χ2v) is 5.42. The Morgan fingerprint density at radius 3 is 2.06 bits per heavy atom. The highest BCUT2D eigenvalue weighted by atomic mass is 16.6. The number of carbonyl (C=O) groups excluding carboxylic acids is 2. The molecule has 0 fully saturated rings. The molecule has 0 aromatic rings. The molecule has 0 saturated carbocycles. The molecule has 0 rings (SSSR count). The summed E-state index contributed by atoms with van der Waals surface area (Å²) in [5, 5.41) is 2.62. The topological polar surface area (TPSA) is 55.4 Å². The molecule has 0 aliphatic heterocycles. The van der Waals surface area contributed by atoms with Crippen molar-refractivity contribution in [2.45, 2.75) is 59.6 Å². The summed E-state index contributed by atoms with van der Waals surface area (Å²) in [6.45, 7) is 10.9. The van der Waals surface area contributed by atoms with Crippen molar-refractivity contribution in [1.29, 1.82) is 0 Å². The normalized spacial score (nSPS) is 13.4. The molecule has 0 heterocycles. The Balaban J connectivity index is 4.11. The molecule has 0 aromatic carbocycles. The van der Waals surface area contributed by atoms with Crippen LogP contribution in [-0.4, -0.2) is 23.5 Å². The van der Waals surface area contributed by atoms with Gasteiger partial charge >= 0.3 is 5.97 Å². The summed E-state index contributed by atoms with van der Waals surface area (Å²) >= 11 is 0. The molecule has 1 atom stereocenters. The fourth-order valence-electron chi connectivity index (χ4n) is 1.12. The number of rotatable bonds is 4. The van der Waals surface area contributed by atoms with Crippen molar-refractivity contribution in [3.63, 3.8) is 0 Å². The van der Waals surface area contributed by atoms with Gasteiger partial charge in [-0.3, -0.25) is 4.79 Å². The van der Waals surface area contributed by atoms with Gasteiger partial charge in [0.1, 0.15) is 11.6 Å². The number of hydrogen-bond donors (Lipinski definition) is 1. The average molecular weight is 229 g/mol. The van der Waals surface area contributed by atoms with Gasteiger partial charge in [-0.15, -0.1) is 0 Å². The lowest BCUT2D eigenvalue weighted by Gasteiger charge is -2.22. The number of carbonyl (C=O) groups is 2. The van der Waals surface area contributed by atoms with Gasteiger partial charge in [-0.05, 0) is 33.6 Å². The zero-order chi connectivity index (χ0) is 12.9. The first-order chi connectivity index (χ1) is 7.11. The van der Waals surface area contributed by atoms with Gasteiger partial charge in [0.05, 0.1) is 0 Å². The first kappa shape index (κ1) is 14.9. The number of ether oxygens (including phenoxy) is 1. The SMILES string of the molecule is CC(C)CC(=O)NC(C)C(=O)OC(C)(C)C. The van der Waals surface area contributed by atoms with E-state index in [1.165, 1.54) is 0 Å². The second kappa shape index (κ2) is 5.87. The summed E-state index contributed by atoms with van der Waals surface area (Å²) in [5.74, 6) is -0.233. The molecule has 0 saturated heterocycles. The Labute approximate surface area is 97.7 Å². The summed E-state index contributed by atoms with van der Waals surface area (Å²) in [7, 11) is 0. The third-order valence-electron chi connectivity index (χ3n) is 1.73. The molecule has 94 valence electrons. The third kappa shape index (κ3) is 7.26. The standard InChI is InChI=1S/C12H23NO3/c1-8(2)7-10(14)13-9(3)11(15)16-12(4,5)6/h8-9H,7H2,1-6H3,(H,13,14). The van der Waals surface area contributed by atoms with E-state index in [4.69, 9.17) is 4.74 Å². The van der Waals surface area contributed by atoms with Crippen LogP contribution in [0, 0.1) is 5.92 Å². The van der Waals surface area contributed by atoms with Gasteiger partial charge in [-0.25, -0.2) is 4.79 Å². The van der Waals surface area contributed by atoms with Crippen LogP contribution in [0.15, 0.2) is 0 Å². The zero-order valence-corrected chi connectivity index (χ0v) is 11.1. The lowest BCUT2D eigenvalue weighted by atomic mass is 10.1. The van der Waals surface area contributed by atoms with Crippen molar-refractivity contribution in [3.05, 3.63) is 0 Å². The minimum Gasteiger partial charge on any atom is -0.458 e. The Hall–Kier alpha value is -1.06. The lowest BCUT2D eigenvalue weighted by molar-refractivity contribution is -0.158. The summed E-state index contributed by atoms with van der Waals surface area (Å²) in [4.78, 5) is 23.0. The quantitative estimate of drug-likeness (QED) is 0.749. The van der Waals surface area contributed by atoms with Crippen molar-refractivity contribution in [2.24, 2.45) is 5.92 Å². The van der Waals surface area contributed by atoms with E-state index >= 15 is 0 Å². The predicted molar refractivity (Wildman–Crippen MR) is 62.9 cm³/mol. The number of esters is 1. The Bertz CT molecular complexity index is 253. The maximum Gasteiger partial charge on any atom is 0.328 e. The van der Waals surface area contributed by atoms with Crippen LogP contribution in [0.5, 0.6) is 0 Å². The lowest BCUT2D eigenvalue weighted by Crippen LogP contribution is -2.42. The summed E-state index contributed by atoms with van der Waals surface area (Å²) in [6.07, 6.45) is 0.424. The van der Waals surface area contributed by atoms with E-state index in [1.807, 2.05) is 13.8 Å². The Morgan fingerprint density at radius 1 is 1.19 bits per heavy atom. The van der Waals surface area contributed by atoms with Gasteiger partial charge in [0, 0.05) is 6.42 Å². The highest BCUT2D eigenvalue weighted by molar-refractivity contribution is 5.84. The van der Waals surface area contributed by atoms with Crippen molar-refractivity contribution < 1.29 is 14.3 Å². The van der Waals surface area contributed by atoms with E-state index < -0.39 is 17.6 Å². The fraction of sp³-hybridized carbons (Fsp3) is 0.833. The van der Waals surface area contributed by atoms with Gasteiger partial charge in [0.2, 0.25) is 5.91 Å². The largest absolute Gasteiger partial charge is 0.458 e. The Morgan fingerprint density at radius 2 is 1.69 bits per heavy atom. The van der Waals surface area contributed by atoms with E-state index in [2.05, 4.69) is 5.32 Å². The molecule has 0 bridgehead atoms. The molecule has 1 amide bonds. The van der Waals surface area contributed by atoms with Gasteiger partial charge in [-0.1, -0.05) is 13.8 Å². The van der Waals surface area contributed by atoms with E-state index in [1.54, 1.807) is 27.7 Å². The van der Waals surface area contributed by atoms with Crippen molar-refractivity contribution in [2.75, 3.05) is 0 Å². The van der Waals surface area contributed by atoms with Gasteiger partial charge in [-0.2, -0.15) is 0 Å². The first-order valence-electron chi connectivity index (χ1n) is 5.64. The smallest absolute Gasteiger partial charge is 0.328 e. The maximum absolute atomic E-state index is 11.5. The maximum atomic E-state index is 11.5. The molecule has 0 aliphatic carbocycles. The minimum atomic E-state index is -0.592. The highest BCUT2D eigenvalue weighted by Crippen LogP contribution is 2.08. The van der Waals surface area contributed by atoms with Gasteiger partial charge < -0.3 is 10.1 Å². The van der Waals surface area contributed by atoms with E-state index in [-0.39, 0.29) is 11.8 Å². The van der Waals surface area contributed by atoms with Gasteiger partial charge in [0.25, 0.3) is 0 Å². The third-order valence-corrected chi connectivity index (χ3v) is 1.73. The number of amides is 1. The fourth-order valence-corrected chi connectivity index (χ4v) is 1.12. The van der Waals surface area contributed by atoms with Crippen LogP contribution in [0.3, 0.4) is 0 Å². The van der Waals surface area contributed by atoms with Crippen molar-refractivity contribution >= 4 is 11.9 Å². The van der Waals surface area contributed by atoms with Crippen molar-refractivity contribution in [1.82, 2.24) is 5.32 Å². The number of hydrogen-bond acceptors (Lipinski definition) is 3. The van der Waals surface area contributed by atoms with E-state index in [0.717, 1.165) is 0 Å². The molecule has 4 nitrogen and oxygen atoms in total. The summed E-state index contributed by atoms with van der Waals surface area (Å²) < 4.78 is 5.15. The van der Waals surface area contributed by atoms with Crippen LogP contribution in [0.25, 0.3) is 0 Å². The zero-order valence-electron chi connectivity index (χ0n) is 11.1. The van der Waals surface area contributed by atoms with Crippen LogP contribution >= 0.6 is 0 Å². The van der Waals surface area contributed by atoms with Gasteiger partial charge in [0.15, 0.2) is 0 Å². The van der Waals surface area contributed by atoms with Crippen LogP contribution in [0.1, 0.15) is 48.0 Å². The van der Waals surface area contributed by atoms with Crippen LogP contribution in [0.4, 0.5) is 0 Å². The summed E-state index contributed by atoms with van der Waals surface area (Å²) in [6, 6.07) is -0.592. The van der Waals surface area contributed by atoms with E-state index in [0.29, 0.717) is 6.42 Å². The monoisotopic (exact) mass is 229 g/mol. The Kier molecular flexibility index (Phi) is 5.48. The molecule has 1 unspecified atom stereocenters. The molecule has 4 heteroatoms. The molecule has 0 radical (unpaired) electrons. The second-order valence-electron chi connectivity index (χ2n) is 5.42. The number of nitrogens with one attached hydrogen (secondary N) is 1. The minimum absolute atomic E-state index is 0.117.